The van der Waals surface area contributed by atoms with Gasteiger partial charge in [0.1, 0.15) is 11.4 Å². The van der Waals surface area contributed by atoms with E-state index in [0.29, 0.717) is 12.5 Å². The number of guanidine groups is 1. The van der Waals surface area contributed by atoms with E-state index in [1.54, 1.807) is 0 Å². The third-order valence-corrected chi connectivity index (χ3v) is 3.78. The molecule has 6 nitrogen and oxygen atoms in total. The number of nitrogens with one attached hydrogen (secondary N) is 3. The fourth-order valence-corrected chi connectivity index (χ4v) is 2.46. The Hall–Kier alpha value is -3.23. The Morgan fingerprint density at radius 3 is 2.40 bits per heavy atom. The summed E-state index contributed by atoms with van der Waals surface area (Å²) in [5, 5.41) is 8.00. The molecule has 2 rings (SSSR count). The van der Waals surface area contributed by atoms with Gasteiger partial charge >= 0.3 is 0 Å². The zero-order valence-electron chi connectivity index (χ0n) is 17.3. The minimum atomic E-state index is -1.64. The molecule has 2 aromatic rings. The molecule has 0 fully saturated rings. The number of rotatable bonds is 6. The Labute approximate surface area is 173 Å². The van der Waals surface area contributed by atoms with E-state index in [1.807, 2.05) is 45.0 Å². The highest BCUT2D eigenvalue weighted by atomic mass is 19.2. The van der Waals surface area contributed by atoms with Crippen molar-refractivity contribution in [2.45, 2.75) is 32.9 Å². The maximum absolute atomic E-state index is 13.7. The molecule has 0 aliphatic rings. The van der Waals surface area contributed by atoms with Crippen LogP contribution < -0.4 is 20.7 Å². The fraction of sp³-hybridized carbons (Fsp3) is 0.333. The Morgan fingerprint density at radius 1 is 1.03 bits per heavy atom. The van der Waals surface area contributed by atoms with Crippen molar-refractivity contribution in [2.75, 3.05) is 18.9 Å². The van der Waals surface area contributed by atoms with Crippen LogP contribution in [0.3, 0.4) is 0 Å². The van der Waals surface area contributed by atoms with E-state index in [0.717, 1.165) is 23.4 Å². The van der Waals surface area contributed by atoms with Crippen LogP contribution in [0.1, 0.15) is 26.3 Å². The smallest absolute Gasteiger partial charge is 0.243 e. The van der Waals surface area contributed by atoms with E-state index >= 15 is 0 Å². The first kappa shape index (κ1) is 23.1. The number of benzene rings is 2. The zero-order valence-corrected chi connectivity index (χ0v) is 17.3. The largest absolute Gasteiger partial charge is 0.488 e. The first-order valence-corrected chi connectivity index (χ1v) is 9.25. The zero-order chi connectivity index (χ0) is 22.3. The molecule has 3 N–H and O–H groups in total. The van der Waals surface area contributed by atoms with Gasteiger partial charge in [0.05, 0.1) is 12.2 Å². The van der Waals surface area contributed by atoms with Crippen molar-refractivity contribution in [1.29, 1.82) is 0 Å². The maximum Gasteiger partial charge on any atom is 0.243 e. The van der Waals surface area contributed by atoms with Gasteiger partial charge < -0.3 is 20.7 Å². The van der Waals surface area contributed by atoms with Crippen molar-refractivity contribution >= 4 is 17.6 Å². The van der Waals surface area contributed by atoms with Crippen LogP contribution in [0.25, 0.3) is 0 Å². The summed E-state index contributed by atoms with van der Waals surface area (Å²) in [7, 11) is 1.53. The third kappa shape index (κ3) is 6.68. The lowest BCUT2D eigenvalue weighted by atomic mass is 10.1. The van der Waals surface area contributed by atoms with Crippen LogP contribution in [0.2, 0.25) is 0 Å². The highest BCUT2D eigenvalue weighted by Gasteiger charge is 2.16. The van der Waals surface area contributed by atoms with Gasteiger partial charge in [0.2, 0.25) is 5.91 Å². The Balaban J connectivity index is 1.92. The quantitative estimate of drug-likeness (QED) is 0.378. The first-order valence-electron chi connectivity index (χ1n) is 9.25. The van der Waals surface area contributed by atoms with Gasteiger partial charge in [-0.1, -0.05) is 18.2 Å². The monoisotopic (exact) mass is 422 g/mol. The molecule has 0 atom stereocenters. The van der Waals surface area contributed by atoms with Crippen LogP contribution in [-0.2, 0) is 11.3 Å². The summed E-state index contributed by atoms with van der Waals surface area (Å²) in [6.07, 6.45) is 0. The fourth-order valence-electron chi connectivity index (χ4n) is 2.46. The summed E-state index contributed by atoms with van der Waals surface area (Å²) in [6.45, 7) is 5.97. The second-order valence-corrected chi connectivity index (χ2v) is 7.37. The normalized spacial score (nSPS) is 11.8. The highest BCUT2D eigenvalue weighted by molar-refractivity contribution is 5.95. The second-order valence-electron chi connectivity index (χ2n) is 7.37. The minimum Gasteiger partial charge on any atom is -0.488 e. The molecule has 0 aliphatic carbocycles. The Kier molecular flexibility index (Phi) is 7.68. The van der Waals surface area contributed by atoms with Crippen molar-refractivity contribution < 1.29 is 22.7 Å². The predicted molar refractivity (Wildman–Crippen MR) is 110 cm³/mol. The maximum atomic E-state index is 13.7. The highest BCUT2D eigenvalue weighted by Crippen LogP contribution is 2.23. The standard InChI is InChI=1S/C21H25F3N4O2/c1-21(2,3)30-16-8-6-5-7-13(16)11-26-20(25-4)27-12-17(29)28-15-10-9-14(22)18(23)19(15)24/h5-10H,11-12H2,1-4H3,(H,28,29)(H2,25,26,27). The van der Waals surface area contributed by atoms with Gasteiger partial charge in [0.25, 0.3) is 0 Å². The number of hydrogen-bond acceptors (Lipinski definition) is 3. The number of ether oxygens (including phenoxy) is 1. The summed E-state index contributed by atoms with van der Waals surface area (Å²) < 4.78 is 45.8. The van der Waals surface area contributed by atoms with Crippen LogP contribution in [0, 0.1) is 17.5 Å². The molecular weight excluding hydrogens is 397 g/mol. The molecule has 0 saturated carbocycles. The van der Waals surface area contributed by atoms with E-state index in [4.69, 9.17) is 4.74 Å². The molecular formula is C21H25F3N4O2. The van der Waals surface area contributed by atoms with Gasteiger partial charge in [-0.3, -0.25) is 9.79 Å². The minimum absolute atomic E-state index is 0.266. The molecule has 9 heteroatoms. The summed E-state index contributed by atoms with van der Waals surface area (Å²) in [4.78, 5) is 16.0. The van der Waals surface area contributed by atoms with E-state index < -0.39 is 29.0 Å². The summed E-state index contributed by atoms with van der Waals surface area (Å²) in [5.74, 6) is -4.04. The molecule has 0 saturated heterocycles. The number of anilines is 1. The lowest BCUT2D eigenvalue weighted by Crippen LogP contribution is -2.41. The molecule has 162 valence electrons. The van der Waals surface area contributed by atoms with Gasteiger partial charge in [0.15, 0.2) is 23.4 Å². The molecule has 0 aliphatic heterocycles. The number of carbonyl (C=O) groups is 1. The molecule has 2 aromatic carbocycles. The van der Waals surface area contributed by atoms with Crippen LogP contribution >= 0.6 is 0 Å². The van der Waals surface area contributed by atoms with Crippen molar-refractivity contribution in [1.82, 2.24) is 10.6 Å². The van der Waals surface area contributed by atoms with Gasteiger partial charge in [-0.15, -0.1) is 0 Å². The number of hydrogen-bond donors (Lipinski definition) is 3. The molecule has 0 spiro atoms. The molecule has 0 radical (unpaired) electrons. The molecule has 0 aromatic heterocycles. The summed E-state index contributed by atoms with van der Waals surface area (Å²) in [5.41, 5.74) is 0.0871. The van der Waals surface area contributed by atoms with Gasteiger partial charge in [-0.05, 0) is 39.0 Å². The second kappa shape index (κ2) is 10.00. The third-order valence-electron chi connectivity index (χ3n) is 3.78. The van der Waals surface area contributed by atoms with E-state index in [1.165, 1.54) is 7.05 Å². The molecule has 1 amide bonds. The van der Waals surface area contributed by atoms with Gasteiger partial charge in [-0.25, -0.2) is 13.2 Å². The number of carbonyl (C=O) groups excluding carboxylic acids is 1. The van der Waals surface area contributed by atoms with Gasteiger partial charge in [0, 0.05) is 19.2 Å². The Morgan fingerprint density at radius 2 is 1.73 bits per heavy atom. The SMILES string of the molecule is CN=C(NCC(=O)Nc1ccc(F)c(F)c1F)NCc1ccccc1OC(C)(C)C. The van der Waals surface area contributed by atoms with Crippen molar-refractivity contribution in [2.24, 2.45) is 4.99 Å². The summed E-state index contributed by atoms with van der Waals surface area (Å²) >= 11 is 0. The predicted octanol–water partition coefficient (Wildman–Crippen LogP) is 3.58. The lowest BCUT2D eigenvalue weighted by Gasteiger charge is -2.23. The number of halogens is 3. The van der Waals surface area contributed by atoms with E-state index in [9.17, 15) is 18.0 Å². The Bertz CT molecular complexity index is 927. The number of amides is 1. The van der Waals surface area contributed by atoms with Gasteiger partial charge in [-0.2, -0.15) is 0 Å². The van der Waals surface area contributed by atoms with Crippen LogP contribution in [0.15, 0.2) is 41.4 Å². The van der Waals surface area contributed by atoms with Crippen molar-refractivity contribution in [3.8, 4) is 5.75 Å². The average Bonchev–Trinajstić information content (AvgIpc) is 2.68. The molecule has 0 bridgehead atoms. The molecule has 0 unspecified atom stereocenters. The van der Waals surface area contributed by atoms with E-state index in [2.05, 4.69) is 20.9 Å². The van der Waals surface area contributed by atoms with Crippen LogP contribution in [-0.4, -0.2) is 31.1 Å². The topological polar surface area (TPSA) is 74.8 Å². The van der Waals surface area contributed by atoms with Crippen molar-refractivity contribution in [3.63, 3.8) is 0 Å². The molecule has 0 heterocycles. The van der Waals surface area contributed by atoms with Crippen molar-refractivity contribution in [3.05, 3.63) is 59.4 Å². The first-order chi connectivity index (χ1) is 14.1. The van der Waals surface area contributed by atoms with Crippen LogP contribution in [0.5, 0.6) is 5.75 Å². The van der Waals surface area contributed by atoms with Crippen LogP contribution in [0.4, 0.5) is 18.9 Å². The average molecular weight is 422 g/mol. The van der Waals surface area contributed by atoms with E-state index in [-0.39, 0.29) is 12.1 Å². The number of nitrogens with zero attached hydrogens (tertiary/aromatic N) is 1. The number of para-hydroxylation sites is 1. The lowest BCUT2D eigenvalue weighted by molar-refractivity contribution is -0.115. The summed E-state index contributed by atoms with van der Waals surface area (Å²) in [6, 6.07) is 9.21. The number of aliphatic imine (C=N–C) groups is 1. The molecule has 30 heavy (non-hydrogen) atoms.